The van der Waals surface area contributed by atoms with Crippen LogP contribution >= 0.6 is 0 Å². The first-order chi connectivity index (χ1) is 12.2. The topological polar surface area (TPSA) is 63.6 Å². The van der Waals surface area contributed by atoms with Crippen molar-refractivity contribution in [2.75, 3.05) is 44.7 Å². The molecular formula is C20H32N4O+2. The van der Waals surface area contributed by atoms with Crippen molar-refractivity contribution in [3.63, 3.8) is 0 Å². The van der Waals surface area contributed by atoms with E-state index in [0.29, 0.717) is 5.92 Å². The Balaban J connectivity index is 1.78. The Morgan fingerprint density at radius 1 is 1.20 bits per heavy atom. The molecule has 25 heavy (non-hydrogen) atoms. The molecule has 2 heterocycles. The van der Waals surface area contributed by atoms with Crippen molar-refractivity contribution in [2.24, 2.45) is 5.92 Å². The summed E-state index contributed by atoms with van der Waals surface area (Å²) in [5.41, 5.74) is 4.90. The number of pyridine rings is 1. The molecule has 0 aromatic carbocycles. The number of morpholine rings is 1. The first-order valence-corrected chi connectivity index (χ1v) is 9.84. The van der Waals surface area contributed by atoms with Gasteiger partial charge in [-0.05, 0) is 42.7 Å². The van der Waals surface area contributed by atoms with Crippen LogP contribution in [-0.4, -0.2) is 39.4 Å². The Morgan fingerprint density at radius 3 is 2.60 bits per heavy atom. The van der Waals surface area contributed by atoms with Gasteiger partial charge in [-0.2, -0.15) is 5.26 Å². The van der Waals surface area contributed by atoms with E-state index in [0.717, 1.165) is 70.0 Å². The average Bonchev–Trinajstić information content (AvgIpc) is 2.62. The highest BCUT2D eigenvalue weighted by Gasteiger charge is 2.26. The van der Waals surface area contributed by atoms with Crippen LogP contribution in [0.4, 0.5) is 5.82 Å². The van der Waals surface area contributed by atoms with E-state index in [1.165, 1.54) is 29.7 Å². The van der Waals surface area contributed by atoms with E-state index in [9.17, 15) is 5.26 Å². The molecule has 0 radical (unpaired) electrons. The van der Waals surface area contributed by atoms with Crippen LogP contribution in [-0.2, 0) is 24.0 Å². The summed E-state index contributed by atoms with van der Waals surface area (Å²) < 4.78 is 5.43. The maximum absolute atomic E-state index is 9.76. The molecule has 1 aromatic heterocycles. The lowest BCUT2D eigenvalue weighted by atomic mass is 9.86. The number of aromatic nitrogens is 1. The van der Waals surface area contributed by atoms with E-state index in [4.69, 9.17) is 4.74 Å². The minimum absolute atomic E-state index is 0.612. The molecule has 1 aliphatic carbocycles. The molecule has 136 valence electrons. The first kappa shape index (κ1) is 18.2. The number of nitrogens with one attached hydrogen (secondary N) is 3. The zero-order valence-corrected chi connectivity index (χ0v) is 15.7. The number of nitrogens with zero attached hydrogens (tertiary/aromatic N) is 1. The number of fused-ring (bicyclic) bond motifs is 1. The molecule has 1 aliphatic heterocycles. The van der Waals surface area contributed by atoms with E-state index < -0.39 is 0 Å². The molecule has 0 saturated carbocycles. The van der Waals surface area contributed by atoms with Crippen LogP contribution < -0.4 is 15.2 Å². The number of nitriles is 1. The molecular weight excluding hydrogens is 312 g/mol. The second-order valence-corrected chi connectivity index (χ2v) is 7.77. The fourth-order valence-corrected chi connectivity index (χ4v) is 4.07. The smallest absolute Gasteiger partial charge is 0.291 e. The summed E-state index contributed by atoms with van der Waals surface area (Å²) in [6.45, 7) is 10.4. The van der Waals surface area contributed by atoms with Crippen molar-refractivity contribution < 1.29 is 14.6 Å². The van der Waals surface area contributed by atoms with Gasteiger partial charge < -0.3 is 9.64 Å². The number of H-pyrrole nitrogens is 1. The Morgan fingerprint density at radius 2 is 1.92 bits per heavy atom. The second-order valence-electron chi connectivity index (χ2n) is 7.77. The summed E-state index contributed by atoms with van der Waals surface area (Å²) in [6, 6.07) is 2.47. The third-order valence-corrected chi connectivity index (χ3v) is 5.36. The van der Waals surface area contributed by atoms with Crippen LogP contribution in [0.1, 0.15) is 49.1 Å². The van der Waals surface area contributed by atoms with Gasteiger partial charge in [-0.3, -0.25) is 5.32 Å². The molecule has 5 heteroatoms. The fourth-order valence-electron chi connectivity index (χ4n) is 4.07. The highest BCUT2D eigenvalue weighted by molar-refractivity contribution is 5.56. The van der Waals surface area contributed by atoms with Gasteiger partial charge in [0.25, 0.3) is 5.82 Å². The number of quaternary nitrogens is 1. The first-order valence-electron chi connectivity index (χ1n) is 9.84. The molecule has 5 nitrogen and oxygen atoms in total. The molecule has 0 spiro atoms. The zero-order valence-electron chi connectivity index (χ0n) is 15.7. The lowest BCUT2D eigenvalue weighted by molar-refractivity contribution is -0.906. The van der Waals surface area contributed by atoms with Gasteiger partial charge in [0.05, 0.1) is 13.2 Å². The lowest BCUT2D eigenvalue weighted by Crippen LogP contribution is -3.14. The fraction of sp³-hybridized carbons (Fsp3) is 0.700. The van der Waals surface area contributed by atoms with Crippen molar-refractivity contribution in [1.29, 1.82) is 5.26 Å². The zero-order chi connectivity index (χ0) is 17.6. The average molecular weight is 345 g/mol. The number of ether oxygens (including phenoxy) is 1. The SMILES string of the molecule is CC(C)Cc1[nH+]c(NCC[NH+]2CCOCC2)c(C#N)c2c1CCCC2. The predicted molar refractivity (Wildman–Crippen MR) is 97.8 cm³/mol. The number of hydrogen-bond donors (Lipinski definition) is 2. The third-order valence-electron chi connectivity index (χ3n) is 5.36. The lowest BCUT2D eigenvalue weighted by Gasteiger charge is -2.23. The van der Waals surface area contributed by atoms with Gasteiger partial charge in [0.15, 0.2) is 0 Å². The molecule has 0 unspecified atom stereocenters. The van der Waals surface area contributed by atoms with Gasteiger partial charge in [0.1, 0.15) is 43.5 Å². The summed E-state index contributed by atoms with van der Waals surface area (Å²) in [4.78, 5) is 5.17. The standard InChI is InChI=1S/C20H30N4O/c1-15(2)13-19-17-6-4-3-5-16(17)18(14-21)20(23-19)22-7-8-24-9-11-25-12-10-24/h15H,3-13H2,1-2H3,(H,22,23)/p+2. The summed E-state index contributed by atoms with van der Waals surface area (Å²) in [5.74, 6) is 1.55. The molecule has 1 fully saturated rings. The van der Waals surface area contributed by atoms with Crippen LogP contribution in [0.5, 0.6) is 0 Å². The largest absolute Gasteiger partial charge is 0.370 e. The van der Waals surface area contributed by atoms with Gasteiger partial charge in [0.2, 0.25) is 0 Å². The van der Waals surface area contributed by atoms with Gasteiger partial charge >= 0.3 is 0 Å². The van der Waals surface area contributed by atoms with Crippen molar-refractivity contribution in [3.8, 4) is 6.07 Å². The van der Waals surface area contributed by atoms with E-state index in [1.807, 2.05) is 0 Å². The van der Waals surface area contributed by atoms with Gasteiger partial charge in [0, 0.05) is 6.42 Å². The summed E-state index contributed by atoms with van der Waals surface area (Å²) >= 11 is 0. The highest BCUT2D eigenvalue weighted by Crippen LogP contribution is 2.29. The van der Waals surface area contributed by atoms with Crippen LogP contribution in [0.25, 0.3) is 0 Å². The maximum atomic E-state index is 9.76. The van der Waals surface area contributed by atoms with Gasteiger partial charge in [-0.15, -0.1) is 0 Å². The van der Waals surface area contributed by atoms with Crippen molar-refractivity contribution >= 4 is 5.82 Å². The minimum Gasteiger partial charge on any atom is -0.370 e. The van der Waals surface area contributed by atoms with E-state index >= 15 is 0 Å². The Labute approximate surface area is 151 Å². The maximum Gasteiger partial charge on any atom is 0.291 e. The van der Waals surface area contributed by atoms with E-state index in [2.05, 4.69) is 30.2 Å². The van der Waals surface area contributed by atoms with E-state index in [-0.39, 0.29) is 0 Å². The third kappa shape index (κ3) is 4.50. The predicted octanol–water partition coefficient (Wildman–Crippen LogP) is 0.777. The number of anilines is 1. The highest BCUT2D eigenvalue weighted by atomic mass is 16.5. The Hall–Kier alpha value is -1.64. The van der Waals surface area contributed by atoms with Crippen LogP contribution in [0.15, 0.2) is 0 Å². The van der Waals surface area contributed by atoms with Crippen molar-refractivity contribution in [3.05, 3.63) is 22.4 Å². The van der Waals surface area contributed by atoms with Crippen LogP contribution in [0.3, 0.4) is 0 Å². The Kier molecular flexibility index (Phi) is 6.28. The van der Waals surface area contributed by atoms with Crippen molar-refractivity contribution in [2.45, 2.75) is 46.0 Å². The number of aromatic amines is 1. The Bertz CT molecular complexity index is 630. The summed E-state index contributed by atoms with van der Waals surface area (Å²) in [5, 5.41) is 13.3. The van der Waals surface area contributed by atoms with Crippen LogP contribution in [0.2, 0.25) is 0 Å². The monoisotopic (exact) mass is 344 g/mol. The molecule has 0 bridgehead atoms. The van der Waals surface area contributed by atoms with Crippen molar-refractivity contribution in [1.82, 2.24) is 0 Å². The quantitative estimate of drug-likeness (QED) is 0.801. The van der Waals surface area contributed by atoms with Gasteiger partial charge in [-0.25, -0.2) is 4.98 Å². The molecule has 0 amide bonds. The molecule has 3 rings (SSSR count). The molecule has 0 atom stereocenters. The summed E-state index contributed by atoms with van der Waals surface area (Å²) in [7, 11) is 0. The molecule has 3 N–H and O–H groups in total. The normalized spacial score (nSPS) is 18.0. The van der Waals surface area contributed by atoms with Gasteiger partial charge in [-0.1, -0.05) is 13.8 Å². The van der Waals surface area contributed by atoms with Crippen LogP contribution in [0, 0.1) is 17.2 Å². The second kappa shape index (κ2) is 8.64. The number of hydrogen-bond acceptors (Lipinski definition) is 3. The molecule has 2 aliphatic rings. The minimum atomic E-state index is 0.612. The van der Waals surface area contributed by atoms with E-state index in [1.54, 1.807) is 4.90 Å². The summed E-state index contributed by atoms with van der Waals surface area (Å²) in [6.07, 6.45) is 5.65. The molecule has 1 saturated heterocycles. The molecule has 1 aromatic rings. The number of rotatable bonds is 6.